The number of hydrogen-bond acceptors (Lipinski definition) is 3. The number of aryl methyl sites for hydroxylation is 1. The molecule has 0 radical (unpaired) electrons. The molecule has 4 heteroatoms. The highest BCUT2D eigenvalue weighted by atomic mass is 32.2. The summed E-state index contributed by atoms with van der Waals surface area (Å²) in [6.07, 6.45) is 0. The second kappa shape index (κ2) is 4.96. The van der Waals surface area contributed by atoms with Crippen molar-refractivity contribution < 1.29 is 4.79 Å². The van der Waals surface area contributed by atoms with Crippen LogP contribution in [0.25, 0.3) is 0 Å². The van der Waals surface area contributed by atoms with Gasteiger partial charge < -0.3 is 10.6 Å². The Labute approximate surface area is 122 Å². The first-order valence-electron chi connectivity index (χ1n) is 6.48. The molecule has 1 heterocycles. The topological polar surface area (TPSA) is 46.3 Å². The molecule has 0 fully saturated rings. The average molecular weight is 284 g/mol. The summed E-state index contributed by atoms with van der Waals surface area (Å²) >= 11 is 1.69. The highest BCUT2D eigenvalue weighted by Crippen LogP contribution is 2.38. The van der Waals surface area contributed by atoms with E-state index in [2.05, 4.69) is 31.2 Å². The monoisotopic (exact) mass is 284 g/mol. The minimum Gasteiger partial charge on any atom is -0.316 e. The molecule has 3 rings (SSSR count). The van der Waals surface area contributed by atoms with Crippen molar-refractivity contribution in [2.24, 2.45) is 5.73 Å². The molecular weight excluding hydrogens is 268 g/mol. The molecule has 2 N–H and O–H groups in total. The minimum absolute atomic E-state index is 0.0440. The number of hydrogen-bond donors (Lipinski definition) is 1. The molecule has 1 aliphatic heterocycles. The standard InChI is InChI=1S/C16H16N2OS/c1-10-3-5-11(6-4-10)20-12-7-8-13-14(9-12)18(2)16(19)15(13)17/h3-9,15H,17H2,1-2H3. The fourth-order valence-corrected chi connectivity index (χ4v) is 3.19. The first kappa shape index (κ1) is 13.2. The molecule has 2 aromatic rings. The summed E-state index contributed by atoms with van der Waals surface area (Å²) in [5.41, 5.74) is 8.98. The lowest BCUT2D eigenvalue weighted by Gasteiger charge is -2.11. The molecule has 1 unspecified atom stereocenters. The molecule has 1 amide bonds. The van der Waals surface area contributed by atoms with Crippen LogP contribution in [0.4, 0.5) is 5.69 Å². The van der Waals surface area contributed by atoms with Gasteiger partial charge in [-0.15, -0.1) is 0 Å². The Balaban J connectivity index is 1.90. The number of likely N-dealkylation sites (N-methyl/N-ethyl adjacent to an activating group) is 1. The van der Waals surface area contributed by atoms with Crippen molar-refractivity contribution in [1.29, 1.82) is 0 Å². The number of carbonyl (C=O) groups is 1. The molecular formula is C16H16N2OS. The van der Waals surface area contributed by atoms with Crippen LogP contribution in [0.2, 0.25) is 0 Å². The SMILES string of the molecule is Cc1ccc(Sc2ccc3c(c2)N(C)C(=O)C3N)cc1. The zero-order valence-electron chi connectivity index (χ0n) is 11.5. The van der Waals surface area contributed by atoms with Crippen LogP contribution in [0, 0.1) is 6.92 Å². The van der Waals surface area contributed by atoms with Gasteiger partial charge in [0.25, 0.3) is 0 Å². The number of anilines is 1. The molecule has 20 heavy (non-hydrogen) atoms. The van der Waals surface area contributed by atoms with Crippen molar-refractivity contribution in [1.82, 2.24) is 0 Å². The molecule has 2 aromatic carbocycles. The predicted molar refractivity (Wildman–Crippen MR) is 82.1 cm³/mol. The lowest BCUT2D eigenvalue weighted by Crippen LogP contribution is -2.27. The van der Waals surface area contributed by atoms with Crippen molar-refractivity contribution in [2.75, 3.05) is 11.9 Å². The highest BCUT2D eigenvalue weighted by molar-refractivity contribution is 7.99. The van der Waals surface area contributed by atoms with Crippen LogP contribution in [-0.2, 0) is 4.79 Å². The Morgan fingerprint density at radius 2 is 1.75 bits per heavy atom. The molecule has 3 nitrogen and oxygen atoms in total. The molecule has 0 saturated heterocycles. The van der Waals surface area contributed by atoms with Crippen molar-refractivity contribution in [3.63, 3.8) is 0 Å². The number of carbonyl (C=O) groups excluding carboxylic acids is 1. The van der Waals surface area contributed by atoms with Gasteiger partial charge in [-0.1, -0.05) is 35.5 Å². The zero-order valence-corrected chi connectivity index (χ0v) is 12.3. The number of nitrogens with zero attached hydrogens (tertiary/aromatic N) is 1. The van der Waals surface area contributed by atoms with E-state index in [0.29, 0.717) is 0 Å². The maximum atomic E-state index is 11.9. The van der Waals surface area contributed by atoms with Gasteiger partial charge in [0.05, 0.1) is 0 Å². The first-order chi connectivity index (χ1) is 9.56. The van der Waals surface area contributed by atoms with Crippen molar-refractivity contribution in [3.05, 3.63) is 53.6 Å². The summed E-state index contributed by atoms with van der Waals surface area (Å²) in [5.74, 6) is -0.0440. The van der Waals surface area contributed by atoms with Crippen molar-refractivity contribution in [3.8, 4) is 0 Å². The number of benzene rings is 2. The summed E-state index contributed by atoms with van der Waals surface area (Å²) in [6.45, 7) is 2.08. The second-order valence-corrected chi connectivity index (χ2v) is 6.16. The van der Waals surface area contributed by atoms with Gasteiger partial charge in [0, 0.05) is 28.1 Å². The third-order valence-electron chi connectivity index (χ3n) is 3.55. The van der Waals surface area contributed by atoms with Gasteiger partial charge in [0.15, 0.2) is 0 Å². The van der Waals surface area contributed by atoms with Crippen molar-refractivity contribution >= 4 is 23.4 Å². The summed E-state index contributed by atoms with van der Waals surface area (Å²) in [5, 5.41) is 0. The number of rotatable bonds is 2. The third kappa shape index (κ3) is 2.21. The van der Waals surface area contributed by atoms with Gasteiger partial charge in [-0.2, -0.15) is 0 Å². The maximum absolute atomic E-state index is 11.9. The van der Waals surface area contributed by atoms with Crippen LogP contribution >= 0.6 is 11.8 Å². The fourth-order valence-electron chi connectivity index (χ4n) is 2.34. The Morgan fingerprint density at radius 1 is 1.10 bits per heavy atom. The molecule has 1 aliphatic rings. The van der Waals surface area contributed by atoms with E-state index >= 15 is 0 Å². The predicted octanol–water partition coefficient (Wildman–Crippen LogP) is 3.12. The van der Waals surface area contributed by atoms with E-state index in [1.807, 2.05) is 18.2 Å². The minimum atomic E-state index is -0.520. The van der Waals surface area contributed by atoms with Crippen LogP contribution < -0.4 is 10.6 Å². The number of nitrogens with two attached hydrogens (primary N) is 1. The van der Waals surface area contributed by atoms with E-state index in [0.717, 1.165) is 16.1 Å². The van der Waals surface area contributed by atoms with Crippen molar-refractivity contribution in [2.45, 2.75) is 22.8 Å². The second-order valence-electron chi connectivity index (χ2n) is 5.01. The maximum Gasteiger partial charge on any atom is 0.248 e. The van der Waals surface area contributed by atoms with Gasteiger partial charge in [-0.3, -0.25) is 4.79 Å². The van der Waals surface area contributed by atoms with Gasteiger partial charge in [-0.05, 0) is 31.2 Å². The molecule has 0 spiro atoms. The lowest BCUT2D eigenvalue weighted by molar-refractivity contribution is -0.118. The Kier molecular flexibility index (Phi) is 3.28. The molecule has 1 atom stereocenters. The highest BCUT2D eigenvalue weighted by Gasteiger charge is 2.32. The van der Waals surface area contributed by atoms with Crippen LogP contribution in [0.5, 0.6) is 0 Å². The van der Waals surface area contributed by atoms with E-state index in [4.69, 9.17) is 5.73 Å². The Hall–Kier alpha value is -1.78. The van der Waals surface area contributed by atoms with Crippen LogP contribution in [0.3, 0.4) is 0 Å². The van der Waals surface area contributed by atoms with Gasteiger partial charge in [0.1, 0.15) is 6.04 Å². The quantitative estimate of drug-likeness (QED) is 0.921. The third-order valence-corrected chi connectivity index (χ3v) is 4.55. The summed E-state index contributed by atoms with van der Waals surface area (Å²) in [7, 11) is 1.77. The molecule has 0 aliphatic carbocycles. The number of amides is 1. The fraction of sp³-hybridized carbons (Fsp3) is 0.188. The van der Waals surface area contributed by atoms with E-state index < -0.39 is 6.04 Å². The van der Waals surface area contributed by atoms with Crippen LogP contribution in [0.15, 0.2) is 52.3 Å². The van der Waals surface area contributed by atoms with E-state index in [9.17, 15) is 4.79 Å². The smallest absolute Gasteiger partial charge is 0.248 e. The summed E-state index contributed by atoms with van der Waals surface area (Å²) in [6, 6.07) is 13.9. The van der Waals surface area contributed by atoms with Crippen LogP contribution in [-0.4, -0.2) is 13.0 Å². The van der Waals surface area contributed by atoms with Crippen LogP contribution in [0.1, 0.15) is 17.2 Å². The molecule has 0 aromatic heterocycles. The normalized spacial score (nSPS) is 17.4. The largest absolute Gasteiger partial charge is 0.316 e. The number of fused-ring (bicyclic) bond motifs is 1. The molecule has 0 bridgehead atoms. The Morgan fingerprint density at radius 3 is 2.45 bits per heavy atom. The van der Waals surface area contributed by atoms with Gasteiger partial charge >= 0.3 is 0 Å². The average Bonchev–Trinajstić information content (AvgIpc) is 2.66. The van der Waals surface area contributed by atoms with Gasteiger partial charge in [0.2, 0.25) is 5.91 Å². The molecule has 0 saturated carbocycles. The molecule has 102 valence electrons. The van der Waals surface area contributed by atoms with E-state index in [-0.39, 0.29) is 5.91 Å². The lowest BCUT2D eigenvalue weighted by atomic mass is 10.1. The van der Waals surface area contributed by atoms with Gasteiger partial charge in [-0.25, -0.2) is 0 Å². The first-order valence-corrected chi connectivity index (χ1v) is 7.29. The zero-order chi connectivity index (χ0) is 14.3. The Bertz CT molecular complexity index is 667. The van der Waals surface area contributed by atoms with E-state index in [1.165, 1.54) is 10.5 Å². The van der Waals surface area contributed by atoms with E-state index in [1.54, 1.807) is 23.7 Å². The summed E-state index contributed by atoms with van der Waals surface area (Å²) in [4.78, 5) is 15.8. The summed E-state index contributed by atoms with van der Waals surface area (Å²) < 4.78 is 0.